The minimum atomic E-state index is -3.33. The highest BCUT2D eigenvalue weighted by Crippen LogP contribution is 2.41. The second-order valence-corrected chi connectivity index (χ2v) is 8.20. The van der Waals surface area contributed by atoms with Crippen LogP contribution >= 0.6 is 0 Å². The van der Waals surface area contributed by atoms with E-state index >= 15 is 0 Å². The van der Waals surface area contributed by atoms with Gasteiger partial charge in [-0.05, 0) is 37.2 Å². The molecule has 1 saturated heterocycles. The number of nitrogens with one attached hydrogen (secondary N) is 1. The number of hydrogen-bond donors (Lipinski definition) is 1. The van der Waals surface area contributed by atoms with Gasteiger partial charge >= 0.3 is 0 Å². The Balaban J connectivity index is 1.75. The van der Waals surface area contributed by atoms with Gasteiger partial charge in [-0.25, -0.2) is 8.42 Å². The number of benzene rings is 1. The van der Waals surface area contributed by atoms with Gasteiger partial charge in [0.05, 0.1) is 12.3 Å². The minimum absolute atomic E-state index is 0.00397. The van der Waals surface area contributed by atoms with Gasteiger partial charge in [-0.1, -0.05) is 30.3 Å². The molecule has 5 nitrogen and oxygen atoms in total. The zero-order chi connectivity index (χ0) is 15.7. The molecule has 1 N–H and O–H groups in total. The summed E-state index contributed by atoms with van der Waals surface area (Å²) < 4.78 is 24.9. The van der Waals surface area contributed by atoms with E-state index in [4.69, 9.17) is 0 Å². The topological polar surface area (TPSA) is 66.5 Å². The molecule has 2 fully saturated rings. The maximum absolute atomic E-state index is 12.6. The Bertz CT molecular complexity index is 641. The van der Waals surface area contributed by atoms with Crippen LogP contribution in [0.1, 0.15) is 37.3 Å². The van der Waals surface area contributed by atoms with Crippen molar-refractivity contribution in [3.05, 3.63) is 35.9 Å². The standard InChI is InChI=1S/C16H22N2O3S/c1-22(20,21)18-11-5-8-14(18)16(19)17-15(13-9-10-13)12-6-3-2-4-7-12/h2-4,6-7,13-15H,5,8-11H2,1H3,(H,17,19). The van der Waals surface area contributed by atoms with Crippen LogP contribution in [0, 0.1) is 5.92 Å². The van der Waals surface area contributed by atoms with Gasteiger partial charge in [0, 0.05) is 6.54 Å². The van der Waals surface area contributed by atoms with Crippen molar-refractivity contribution >= 4 is 15.9 Å². The Labute approximate surface area is 131 Å². The minimum Gasteiger partial charge on any atom is -0.348 e. The molecule has 2 unspecified atom stereocenters. The Morgan fingerprint density at radius 2 is 1.91 bits per heavy atom. The molecular weight excluding hydrogens is 300 g/mol. The van der Waals surface area contributed by atoms with Crippen molar-refractivity contribution in [3.63, 3.8) is 0 Å². The molecule has 6 heteroatoms. The highest BCUT2D eigenvalue weighted by Gasteiger charge is 2.39. The van der Waals surface area contributed by atoms with Crippen LogP contribution in [0.4, 0.5) is 0 Å². The van der Waals surface area contributed by atoms with E-state index in [9.17, 15) is 13.2 Å². The van der Waals surface area contributed by atoms with Gasteiger partial charge in [0.1, 0.15) is 6.04 Å². The average molecular weight is 322 g/mol. The predicted octanol–water partition coefficient (Wildman–Crippen LogP) is 1.68. The molecule has 22 heavy (non-hydrogen) atoms. The van der Waals surface area contributed by atoms with E-state index in [2.05, 4.69) is 5.32 Å². The largest absolute Gasteiger partial charge is 0.348 e. The third-order valence-corrected chi connectivity index (χ3v) is 5.77. The van der Waals surface area contributed by atoms with Crippen LogP contribution in [-0.4, -0.2) is 37.5 Å². The number of amides is 1. The molecule has 120 valence electrons. The van der Waals surface area contributed by atoms with Gasteiger partial charge in [0.2, 0.25) is 15.9 Å². The molecule has 2 atom stereocenters. The van der Waals surface area contributed by atoms with Crippen molar-refractivity contribution in [1.29, 1.82) is 0 Å². The molecule has 0 radical (unpaired) electrons. The first-order chi connectivity index (χ1) is 10.5. The van der Waals surface area contributed by atoms with Crippen molar-refractivity contribution in [2.45, 2.75) is 37.8 Å². The fourth-order valence-corrected chi connectivity index (χ4v) is 4.34. The third-order valence-electron chi connectivity index (χ3n) is 4.48. The summed E-state index contributed by atoms with van der Waals surface area (Å²) in [6.45, 7) is 0.441. The lowest BCUT2D eigenvalue weighted by Crippen LogP contribution is -2.46. The normalized spacial score (nSPS) is 24.1. The Hall–Kier alpha value is -1.40. The van der Waals surface area contributed by atoms with Crippen LogP contribution in [0.3, 0.4) is 0 Å². The first-order valence-corrected chi connectivity index (χ1v) is 9.64. The van der Waals surface area contributed by atoms with E-state index in [1.165, 1.54) is 10.6 Å². The lowest BCUT2D eigenvalue weighted by Gasteiger charge is -2.25. The summed E-state index contributed by atoms with van der Waals surface area (Å²) in [5, 5.41) is 3.09. The lowest BCUT2D eigenvalue weighted by molar-refractivity contribution is -0.125. The molecule has 1 aromatic carbocycles. The van der Waals surface area contributed by atoms with E-state index in [-0.39, 0.29) is 11.9 Å². The number of hydrogen-bond acceptors (Lipinski definition) is 3. The predicted molar refractivity (Wildman–Crippen MR) is 84.6 cm³/mol. The van der Waals surface area contributed by atoms with Crippen LogP contribution in [0.15, 0.2) is 30.3 Å². The fraction of sp³-hybridized carbons (Fsp3) is 0.562. The van der Waals surface area contributed by atoms with Gasteiger partial charge in [-0.15, -0.1) is 0 Å². The summed E-state index contributed by atoms with van der Waals surface area (Å²) >= 11 is 0. The maximum Gasteiger partial charge on any atom is 0.238 e. The molecule has 0 spiro atoms. The van der Waals surface area contributed by atoms with E-state index in [0.717, 1.165) is 24.8 Å². The summed E-state index contributed by atoms with van der Waals surface area (Å²) in [4.78, 5) is 12.6. The van der Waals surface area contributed by atoms with E-state index < -0.39 is 16.1 Å². The number of sulfonamides is 1. The number of carbonyl (C=O) groups is 1. The first kappa shape index (κ1) is 15.5. The molecule has 3 rings (SSSR count). The Kier molecular flexibility index (Phi) is 4.23. The van der Waals surface area contributed by atoms with Crippen LogP contribution in [0.2, 0.25) is 0 Å². The first-order valence-electron chi connectivity index (χ1n) is 7.79. The molecule has 2 aliphatic rings. The monoisotopic (exact) mass is 322 g/mol. The van der Waals surface area contributed by atoms with Gasteiger partial charge in [-0.2, -0.15) is 4.31 Å². The summed E-state index contributed by atoms with van der Waals surface area (Å²) in [5.74, 6) is 0.308. The highest BCUT2D eigenvalue weighted by atomic mass is 32.2. The van der Waals surface area contributed by atoms with E-state index in [0.29, 0.717) is 18.9 Å². The summed E-state index contributed by atoms with van der Waals surface area (Å²) in [7, 11) is -3.33. The van der Waals surface area contributed by atoms with Gasteiger partial charge < -0.3 is 5.32 Å². The van der Waals surface area contributed by atoms with Crippen LogP contribution in [-0.2, 0) is 14.8 Å². The lowest BCUT2D eigenvalue weighted by atomic mass is 10.0. The quantitative estimate of drug-likeness (QED) is 0.897. The Morgan fingerprint density at radius 1 is 1.23 bits per heavy atom. The van der Waals surface area contributed by atoms with Crippen molar-refractivity contribution < 1.29 is 13.2 Å². The molecule has 1 aliphatic carbocycles. The number of rotatable bonds is 5. The second kappa shape index (κ2) is 6.01. The number of nitrogens with zero attached hydrogens (tertiary/aromatic N) is 1. The maximum atomic E-state index is 12.6. The van der Waals surface area contributed by atoms with Crippen LogP contribution < -0.4 is 5.32 Å². The van der Waals surface area contributed by atoms with Crippen molar-refractivity contribution in [3.8, 4) is 0 Å². The molecule has 0 bridgehead atoms. The summed E-state index contributed by atoms with van der Waals surface area (Å²) in [6.07, 6.45) is 4.74. The van der Waals surface area contributed by atoms with Crippen molar-refractivity contribution in [1.82, 2.24) is 9.62 Å². The molecule has 1 saturated carbocycles. The molecule has 1 amide bonds. The van der Waals surface area contributed by atoms with Gasteiger partial charge in [0.25, 0.3) is 0 Å². The van der Waals surface area contributed by atoms with Gasteiger partial charge in [-0.3, -0.25) is 4.79 Å². The molecule has 0 aromatic heterocycles. The van der Waals surface area contributed by atoms with Crippen LogP contribution in [0.25, 0.3) is 0 Å². The molecule has 1 aliphatic heterocycles. The smallest absolute Gasteiger partial charge is 0.238 e. The highest BCUT2D eigenvalue weighted by molar-refractivity contribution is 7.88. The summed E-state index contributed by atoms with van der Waals surface area (Å²) in [5.41, 5.74) is 1.10. The molecule has 1 aromatic rings. The van der Waals surface area contributed by atoms with Crippen LogP contribution in [0.5, 0.6) is 0 Å². The zero-order valence-corrected chi connectivity index (χ0v) is 13.6. The molecule has 1 heterocycles. The average Bonchev–Trinajstić information content (AvgIpc) is 3.18. The summed E-state index contributed by atoms with van der Waals surface area (Å²) in [6, 6.07) is 9.37. The second-order valence-electron chi connectivity index (χ2n) is 6.27. The van der Waals surface area contributed by atoms with Gasteiger partial charge in [0.15, 0.2) is 0 Å². The zero-order valence-electron chi connectivity index (χ0n) is 12.7. The van der Waals surface area contributed by atoms with Crippen molar-refractivity contribution in [2.75, 3.05) is 12.8 Å². The van der Waals surface area contributed by atoms with E-state index in [1.807, 2.05) is 30.3 Å². The number of carbonyl (C=O) groups excluding carboxylic acids is 1. The SMILES string of the molecule is CS(=O)(=O)N1CCCC1C(=O)NC(c1ccccc1)C1CC1. The molecular formula is C16H22N2O3S. The van der Waals surface area contributed by atoms with Crippen molar-refractivity contribution in [2.24, 2.45) is 5.92 Å². The third kappa shape index (κ3) is 3.33. The fourth-order valence-electron chi connectivity index (χ4n) is 3.21. The Morgan fingerprint density at radius 3 is 2.50 bits per heavy atom. The van der Waals surface area contributed by atoms with E-state index in [1.54, 1.807) is 0 Å².